The predicted octanol–water partition coefficient (Wildman–Crippen LogP) is 0.304. The topological polar surface area (TPSA) is 183 Å². The Morgan fingerprint density at radius 1 is 1.03 bits per heavy atom. The van der Waals surface area contributed by atoms with Gasteiger partial charge in [0.05, 0.1) is 0 Å². The third-order valence-corrected chi connectivity index (χ3v) is 5.29. The molecule has 0 aromatic heterocycles. The summed E-state index contributed by atoms with van der Waals surface area (Å²) in [4.78, 5) is 61.5. The van der Waals surface area contributed by atoms with Gasteiger partial charge in [-0.25, -0.2) is 4.79 Å². The van der Waals surface area contributed by atoms with Crippen molar-refractivity contribution < 1.29 is 28.7 Å². The van der Waals surface area contributed by atoms with E-state index in [4.69, 9.17) is 16.2 Å². The summed E-state index contributed by atoms with van der Waals surface area (Å²) in [5.41, 5.74) is 9.45. The van der Waals surface area contributed by atoms with Gasteiger partial charge in [-0.1, -0.05) is 41.5 Å². The van der Waals surface area contributed by atoms with Gasteiger partial charge in [0, 0.05) is 17.9 Å². The van der Waals surface area contributed by atoms with Crippen LogP contribution < -0.4 is 27.4 Å². The first-order valence-corrected chi connectivity index (χ1v) is 11.1. The van der Waals surface area contributed by atoms with Crippen LogP contribution in [-0.2, 0) is 23.9 Å². The van der Waals surface area contributed by atoms with Gasteiger partial charge >= 0.3 is 6.09 Å². The number of carbonyl (C=O) groups is 5. The molecule has 5 amide bonds. The lowest BCUT2D eigenvalue weighted by molar-refractivity contribution is -0.139. The maximum Gasteiger partial charge on any atom is 0.405 e. The molecule has 0 aromatic carbocycles. The van der Waals surface area contributed by atoms with Gasteiger partial charge in [-0.05, 0) is 31.1 Å². The minimum absolute atomic E-state index is 0.0679. The van der Waals surface area contributed by atoms with Crippen LogP contribution in [-0.4, -0.2) is 54.5 Å². The number of hydrogen-bond acceptors (Lipinski definition) is 6. The molecule has 188 valence electrons. The number of carbonyl (C=O) groups excluding carboxylic acids is 5. The molecular formula is C22H39N5O6. The Morgan fingerprint density at radius 3 is 2.06 bits per heavy atom. The van der Waals surface area contributed by atoms with E-state index in [9.17, 15) is 24.0 Å². The molecule has 7 N–H and O–H groups in total. The Labute approximate surface area is 195 Å². The molecule has 0 aliphatic carbocycles. The Hall–Kier alpha value is -2.85. The van der Waals surface area contributed by atoms with Crippen LogP contribution in [0, 0.1) is 16.7 Å². The number of amides is 5. The van der Waals surface area contributed by atoms with Crippen molar-refractivity contribution in [3.63, 3.8) is 0 Å². The molecule has 1 heterocycles. The predicted molar refractivity (Wildman–Crippen MR) is 121 cm³/mol. The van der Waals surface area contributed by atoms with Crippen LogP contribution in [0.15, 0.2) is 0 Å². The number of primary amides is 2. The van der Waals surface area contributed by atoms with Crippen molar-refractivity contribution >= 4 is 29.7 Å². The summed E-state index contributed by atoms with van der Waals surface area (Å²) in [6.07, 6.45) is -0.686. The minimum atomic E-state index is -1.23. The molecule has 1 aliphatic heterocycles. The van der Waals surface area contributed by atoms with Crippen molar-refractivity contribution in [2.45, 2.75) is 85.4 Å². The van der Waals surface area contributed by atoms with Crippen molar-refractivity contribution in [3.05, 3.63) is 0 Å². The fourth-order valence-corrected chi connectivity index (χ4v) is 3.67. The first-order chi connectivity index (χ1) is 15.0. The molecule has 1 rings (SSSR count). The van der Waals surface area contributed by atoms with Crippen LogP contribution in [0.4, 0.5) is 4.79 Å². The van der Waals surface area contributed by atoms with E-state index in [-0.39, 0.29) is 24.2 Å². The molecule has 0 aromatic rings. The van der Waals surface area contributed by atoms with E-state index in [1.807, 2.05) is 20.8 Å². The van der Waals surface area contributed by atoms with Crippen LogP contribution >= 0.6 is 0 Å². The third-order valence-electron chi connectivity index (χ3n) is 5.29. The van der Waals surface area contributed by atoms with Crippen LogP contribution in [0.2, 0.25) is 0 Å². The van der Waals surface area contributed by atoms with E-state index in [1.165, 1.54) is 0 Å². The molecule has 1 aliphatic rings. The molecule has 4 atom stereocenters. The molecule has 1 fully saturated rings. The first kappa shape index (κ1) is 28.2. The normalized spacial score (nSPS) is 19.5. The first-order valence-electron chi connectivity index (χ1n) is 11.1. The van der Waals surface area contributed by atoms with Crippen molar-refractivity contribution in [2.75, 3.05) is 6.54 Å². The monoisotopic (exact) mass is 469 g/mol. The average Bonchev–Trinajstić information content (AvgIpc) is 2.64. The minimum Gasteiger partial charge on any atom is -0.436 e. The maximum atomic E-state index is 13.1. The fraction of sp³-hybridized carbons (Fsp3) is 0.773. The fourth-order valence-electron chi connectivity index (χ4n) is 3.67. The molecule has 33 heavy (non-hydrogen) atoms. The van der Waals surface area contributed by atoms with Gasteiger partial charge in [0.1, 0.15) is 12.1 Å². The van der Waals surface area contributed by atoms with E-state index >= 15 is 0 Å². The number of rotatable bonds is 9. The number of piperidine rings is 1. The third kappa shape index (κ3) is 9.67. The van der Waals surface area contributed by atoms with Crippen LogP contribution in [0.25, 0.3) is 0 Å². The molecule has 0 unspecified atom stereocenters. The van der Waals surface area contributed by atoms with Gasteiger partial charge in [0.15, 0.2) is 6.10 Å². The smallest absolute Gasteiger partial charge is 0.405 e. The molecule has 11 heteroatoms. The number of nitrogens with two attached hydrogens (primary N) is 2. The van der Waals surface area contributed by atoms with Crippen molar-refractivity contribution in [1.29, 1.82) is 0 Å². The van der Waals surface area contributed by atoms with Gasteiger partial charge in [0.25, 0.3) is 5.91 Å². The highest BCUT2D eigenvalue weighted by atomic mass is 16.6. The average molecular weight is 470 g/mol. The summed E-state index contributed by atoms with van der Waals surface area (Å²) >= 11 is 0. The SMILES string of the molecule is CC(C)(C)C[C@H](NC(=O)[C@@H](OC(N)=O)C(C)(C)C)C(=O)N[C@@H](C[C@@H]1CCCNC1=O)C(N)=O. The molecule has 0 spiro atoms. The lowest BCUT2D eigenvalue weighted by Crippen LogP contribution is -2.57. The van der Waals surface area contributed by atoms with E-state index < -0.39 is 53.3 Å². The van der Waals surface area contributed by atoms with Crippen molar-refractivity contribution in [3.8, 4) is 0 Å². The summed E-state index contributed by atoms with van der Waals surface area (Å²) in [6.45, 7) is 11.3. The van der Waals surface area contributed by atoms with Crippen molar-refractivity contribution in [2.24, 2.45) is 28.2 Å². The van der Waals surface area contributed by atoms with Crippen LogP contribution in [0.5, 0.6) is 0 Å². The Kier molecular flexibility index (Phi) is 9.68. The largest absolute Gasteiger partial charge is 0.436 e. The van der Waals surface area contributed by atoms with Gasteiger partial charge < -0.3 is 32.2 Å². The van der Waals surface area contributed by atoms with Crippen LogP contribution in [0.3, 0.4) is 0 Å². The van der Waals surface area contributed by atoms with Gasteiger partial charge in [-0.3, -0.25) is 19.2 Å². The number of ether oxygens (including phenoxy) is 1. The Bertz CT molecular complexity index is 755. The van der Waals surface area contributed by atoms with Gasteiger partial charge in [0.2, 0.25) is 17.7 Å². The lowest BCUT2D eigenvalue weighted by atomic mass is 9.85. The number of nitrogens with one attached hydrogen (secondary N) is 3. The quantitative estimate of drug-likeness (QED) is 0.323. The summed E-state index contributed by atoms with van der Waals surface area (Å²) in [5.74, 6) is -2.70. The highest BCUT2D eigenvalue weighted by Gasteiger charge is 2.38. The maximum absolute atomic E-state index is 13.1. The highest BCUT2D eigenvalue weighted by molar-refractivity contribution is 5.93. The highest BCUT2D eigenvalue weighted by Crippen LogP contribution is 2.25. The second-order valence-electron chi connectivity index (χ2n) is 10.8. The van der Waals surface area contributed by atoms with E-state index in [2.05, 4.69) is 16.0 Å². The zero-order valence-corrected chi connectivity index (χ0v) is 20.4. The summed E-state index contributed by atoms with van der Waals surface area (Å²) in [5, 5.41) is 7.96. The zero-order chi connectivity index (χ0) is 25.6. The lowest BCUT2D eigenvalue weighted by Gasteiger charge is -2.32. The summed E-state index contributed by atoms with van der Waals surface area (Å²) in [6, 6.07) is -2.12. The molecule has 11 nitrogen and oxygen atoms in total. The standard InChI is InChI=1S/C22H39N5O6/c1-21(2,3)11-14(27-19(31)15(22(4,5)6)33-20(24)32)18(30)26-13(16(23)28)10-12-8-7-9-25-17(12)29/h12-15H,7-11H2,1-6H3,(H2,23,28)(H2,24,32)(H,25,29)(H,26,30)(H,27,31)/t12-,13-,14-,15+/m0/s1. The Morgan fingerprint density at radius 2 is 1.61 bits per heavy atom. The molecular weight excluding hydrogens is 430 g/mol. The van der Waals surface area contributed by atoms with Crippen molar-refractivity contribution in [1.82, 2.24) is 16.0 Å². The van der Waals surface area contributed by atoms with E-state index in [1.54, 1.807) is 20.8 Å². The molecule has 1 saturated heterocycles. The molecule has 0 bridgehead atoms. The van der Waals surface area contributed by atoms with Gasteiger partial charge in [-0.15, -0.1) is 0 Å². The van der Waals surface area contributed by atoms with Gasteiger partial charge in [-0.2, -0.15) is 0 Å². The zero-order valence-electron chi connectivity index (χ0n) is 20.4. The second-order valence-corrected chi connectivity index (χ2v) is 10.8. The molecule has 0 radical (unpaired) electrons. The summed E-state index contributed by atoms with van der Waals surface area (Å²) in [7, 11) is 0. The molecule has 0 saturated carbocycles. The summed E-state index contributed by atoms with van der Waals surface area (Å²) < 4.78 is 5.00. The van der Waals surface area contributed by atoms with E-state index in [0.29, 0.717) is 13.0 Å². The number of hydrogen-bond donors (Lipinski definition) is 5. The second kappa shape index (κ2) is 11.3. The van der Waals surface area contributed by atoms with Crippen LogP contribution in [0.1, 0.15) is 67.2 Å². The van der Waals surface area contributed by atoms with E-state index in [0.717, 1.165) is 6.42 Å². The Balaban J connectivity index is 3.04.